The topological polar surface area (TPSA) is 375 Å². The fraction of sp³-hybridized carbons (Fsp3) is 0.969. The largest absolute Gasteiger partial charge is 0.394 e. The molecule has 5 heterocycles. The van der Waals surface area contributed by atoms with Crippen LogP contribution in [0.1, 0.15) is 27.2 Å². The zero-order valence-corrected chi connectivity index (χ0v) is 30.6. The zero-order chi connectivity index (χ0) is 41.3. The fourth-order valence-corrected chi connectivity index (χ4v) is 7.28. The molecule has 0 saturated carbocycles. The maximum Gasteiger partial charge on any atom is 0.217 e. The molecule has 0 aliphatic carbocycles. The zero-order valence-electron chi connectivity index (χ0n) is 30.6. The van der Waals surface area contributed by atoms with Crippen LogP contribution in [-0.2, 0) is 47.4 Å². The van der Waals surface area contributed by atoms with Gasteiger partial charge in [0.05, 0.1) is 38.1 Å². The molecule has 5 aliphatic heterocycles. The van der Waals surface area contributed by atoms with Crippen molar-refractivity contribution in [3.05, 3.63) is 0 Å². The van der Waals surface area contributed by atoms with Crippen LogP contribution in [0.15, 0.2) is 0 Å². The summed E-state index contributed by atoms with van der Waals surface area (Å²) in [7, 11) is 0. The van der Waals surface area contributed by atoms with Gasteiger partial charge in [-0.15, -0.1) is 0 Å². The van der Waals surface area contributed by atoms with Crippen molar-refractivity contribution in [3.63, 3.8) is 0 Å². The molecule has 0 bridgehead atoms. The van der Waals surface area contributed by atoms with Crippen LogP contribution in [0, 0.1) is 0 Å². The van der Waals surface area contributed by atoms with Crippen LogP contribution in [0.25, 0.3) is 0 Å². The van der Waals surface area contributed by atoms with Gasteiger partial charge in [-0.3, -0.25) is 4.79 Å². The molecule has 14 N–H and O–H groups in total. The first-order valence-corrected chi connectivity index (χ1v) is 18.2. The van der Waals surface area contributed by atoms with E-state index in [4.69, 9.17) is 42.6 Å². The Bertz CT molecular complexity index is 1260. The van der Waals surface area contributed by atoms with Crippen molar-refractivity contribution in [1.29, 1.82) is 0 Å². The molecule has 24 atom stereocenters. The Morgan fingerprint density at radius 1 is 0.518 bits per heavy atom. The molecule has 326 valence electrons. The normalized spacial score (nSPS) is 51.7. The van der Waals surface area contributed by atoms with E-state index in [1.54, 1.807) is 0 Å². The summed E-state index contributed by atoms with van der Waals surface area (Å²) in [5.74, 6) is -0.746. The number of amides is 1. The molecule has 5 saturated heterocycles. The Hall–Kier alpha value is -1.41. The number of carbonyl (C=O) groups is 1. The minimum absolute atomic E-state index is 0.372. The molecule has 24 heteroatoms. The quantitative estimate of drug-likeness (QED) is 0.0869. The second-order valence-electron chi connectivity index (χ2n) is 14.5. The van der Waals surface area contributed by atoms with Gasteiger partial charge in [0.25, 0.3) is 0 Å². The molecular formula is C32H55NO23. The third-order valence-corrected chi connectivity index (χ3v) is 10.5. The smallest absolute Gasteiger partial charge is 0.217 e. The number of carbonyl (C=O) groups excluding carboxylic acids is 1. The summed E-state index contributed by atoms with van der Waals surface area (Å²) in [6.45, 7) is 1.23. The summed E-state index contributed by atoms with van der Waals surface area (Å²) in [5.41, 5.74) is 0. The molecular weight excluding hydrogens is 766 g/mol. The Morgan fingerprint density at radius 2 is 1.00 bits per heavy atom. The average molecular weight is 822 g/mol. The van der Waals surface area contributed by atoms with E-state index in [2.05, 4.69) is 5.32 Å². The first-order valence-electron chi connectivity index (χ1n) is 18.2. The van der Waals surface area contributed by atoms with Gasteiger partial charge >= 0.3 is 0 Å². The molecule has 5 aliphatic rings. The van der Waals surface area contributed by atoms with Crippen LogP contribution in [0.4, 0.5) is 0 Å². The highest BCUT2D eigenvalue weighted by molar-refractivity contribution is 5.73. The van der Waals surface area contributed by atoms with E-state index in [-0.39, 0.29) is 6.42 Å². The lowest BCUT2D eigenvalue weighted by atomic mass is 9.93. The van der Waals surface area contributed by atoms with Crippen molar-refractivity contribution in [2.24, 2.45) is 0 Å². The summed E-state index contributed by atoms with van der Waals surface area (Å²) < 4.78 is 52.4. The highest BCUT2D eigenvalue weighted by Gasteiger charge is 2.57. The highest BCUT2D eigenvalue weighted by Crippen LogP contribution is 2.37. The van der Waals surface area contributed by atoms with E-state index < -0.39 is 173 Å². The van der Waals surface area contributed by atoms with Crippen LogP contribution in [0.2, 0.25) is 0 Å². The SMILES string of the molecule is CC(=O)NC1[C@H](O[C@@H]2C[C@@H](O)OC(CO)C2O)OC(CO)C(O[C@@H]2OC(CO)C(O)[C@H](O)C2OC2OC(C)[C@@H](O)C(O)[C@@H]2O)[C@@H]1O[C@@H]1OC(C)C(O)[C@@H](O)C1O. The monoisotopic (exact) mass is 821 g/mol. The van der Waals surface area contributed by atoms with Crippen LogP contribution in [-0.4, -0.2) is 239 Å². The Balaban J connectivity index is 1.53. The van der Waals surface area contributed by atoms with Crippen molar-refractivity contribution in [1.82, 2.24) is 5.32 Å². The number of ether oxygens (including phenoxy) is 9. The molecule has 0 radical (unpaired) electrons. The molecule has 56 heavy (non-hydrogen) atoms. The molecule has 0 aromatic rings. The molecule has 5 rings (SSSR count). The minimum Gasteiger partial charge on any atom is -0.394 e. The molecule has 1 amide bonds. The van der Waals surface area contributed by atoms with Crippen molar-refractivity contribution in [3.8, 4) is 0 Å². The Kier molecular flexibility index (Phi) is 15.8. The van der Waals surface area contributed by atoms with E-state index in [0.29, 0.717) is 0 Å². The van der Waals surface area contributed by atoms with Crippen molar-refractivity contribution in [2.75, 3.05) is 19.8 Å². The van der Waals surface area contributed by atoms with Crippen molar-refractivity contribution in [2.45, 2.75) is 175 Å². The van der Waals surface area contributed by atoms with Gasteiger partial charge in [0, 0.05) is 13.3 Å². The minimum atomic E-state index is -1.98. The lowest BCUT2D eigenvalue weighted by molar-refractivity contribution is -0.396. The van der Waals surface area contributed by atoms with Crippen LogP contribution >= 0.6 is 0 Å². The third kappa shape index (κ3) is 9.63. The number of aliphatic hydroxyl groups excluding tert-OH is 13. The predicted molar refractivity (Wildman–Crippen MR) is 174 cm³/mol. The number of hydrogen-bond acceptors (Lipinski definition) is 23. The Labute approximate surface area is 319 Å². The van der Waals surface area contributed by atoms with Gasteiger partial charge in [0.1, 0.15) is 97.6 Å². The first-order chi connectivity index (χ1) is 26.4. The van der Waals surface area contributed by atoms with Gasteiger partial charge in [0.2, 0.25) is 5.91 Å². The number of nitrogens with one attached hydrogen (secondary N) is 1. The average Bonchev–Trinajstić information content (AvgIpc) is 3.16. The summed E-state index contributed by atoms with van der Waals surface area (Å²) in [5, 5.41) is 139. The van der Waals surface area contributed by atoms with E-state index in [0.717, 1.165) is 6.92 Å². The fourth-order valence-electron chi connectivity index (χ4n) is 7.28. The number of aliphatic hydroxyl groups is 13. The summed E-state index contributed by atoms with van der Waals surface area (Å²) >= 11 is 0. The summed E-state index contributed by atoms with van der Waals surface area (Å²) in [6.07, 6.45) is -38.5. The summed E-state index contributed by atoms with van der Waals surface area (Å²) in [6, 6.07) is -1.58. The highest BCUT2D eigenvalue weighted by atomic mass is 16.8. The standard InChI is InChI=1S/C32H55NO23/c1-8-17(39)21(43)24(46)30(48-8)55-27-16(33-10(3)37)29(51-11-4-15(38)50-12(5-34)19(11)41)53-14(7-36)26(27)54-32-28(23(45)20(42)13(6-35)52-32)56-31-25(47)22(44)18(40)9(2)49-31/h8-9,11-32,34-36,38-47H,4-7H2,1-3H3,(H,33,37)/t8?,9?,11-,12?,13?,14?,15+,16?,17?,18-,19?,20?,21-,22?,23+,24?,25+,26?,27-,28?,29-,30+,31?,32+/m1/s1. The number of hydrogen-bond donors (Lipinski definition) is 14. The maximum absolute atomic E-state index is 12.7. The lowest BCUT2D eigenvalue weighted by Crippen LogP contribution is -2.70. The van der Waals surface area contributed by atoms with E-state index in [9.17, 15) is 71.2 Å². The molecule has 0 aromatic carbocycles. The molecule has 5 fully saturated rings. The van der Waals surface area contributed by atoms with Gasteiger partial charge in [-0.25, -0.2) is 0 Å². The van der Waals surface area contributed by atoms with Crippen LogP contribution in [0.5, 0.6) is 0 Å². The third-order valence-electron chi connectivity index (χ3n) is 10.5. The predicted octanol–water partition coefficient (Wildman–Crippen LogP) is -8.70. The lowest BCUT2D eigenvalue weighted by Gasteiger charge is -2.51. The van der Waals surface area contributed by atoms with Gasteiger partial charge in [-0.05, 0) is 13.8 Å². The van der Waals surface area contributed by atoms with Crippen molar-refractivity contribution >= 4 is 5.91 Å². The second-order valence-corrected chi connectivity index (χ2v) is 14.5. The van der Waals surface area contributed by atoms with Gasteiger partial charge in [0.15, 0.2) is 31.5 Å². The number of rotatable bonds is 12. The van der Waals surface area contributed by atoms with Crippen LogP contribution < -0.4 is 5.32 Å². The Morgan fingerprint density at radius 3 is 1.52 bits per heavy atom. The molecule has 24 nitrogen and oxygen atoms in total. The van der Waals surface area contributed by atoms with Gasteiger partial charge < -0.3 is 114 Å². The molecule has 14 unspecified atom stereocenters. The van der Waals surface area contributed by atoms with Gasteiger partial charge in [-0.1, -0.05) is 0 Å². The van der Waals surface area contributed by atoms with E-state index >= 15 is 0 Å². The summed E-state index contributed by atoms with van der Waals surface area (Å²) in [4.78, 5) is 12.7. The van der Waals surface area contributed by atoms with E-state index in [1.165, 1.54) is 13.8 Å². The van der Waals surface area contributed by atoms with Gasteiger partial charge in [-0.2, -0.15) is 0 Å². The second kappa shape index (κ2) is 19.3. The van der Waals surface area contributed by atoms with Crippen molar-refractivity contribution < 1.29 is 114 Å². The molecule has 0 spiro atoms. The van der Waals surface area contributed by atoms with Crippen LogP contribution in [0.3, 0.4) is 0 Å². The van der Waals surface area contributed by atoms with E-state index in [1.807, 2.05) is 0 Å². The molecule has 0 aromatic heterocycles. The maximum atomic E-state index is 12.7. The first kappa shape index (κ1) is 45.7.